The van der Waals surface area contributed by atoms with Crippen molar-refractivity contribution in [3.05, 3.63) is 64.7 Å². The minimum Gasteiger partial charge on any atom is -0.492 e. The summed E-state index contributed by atoms with van der Waals surface area (Å²) in [5.74, 6) is 0.738. The number of aliphatic hydroxyl groups excluding tert-OH is 3. The fraction of sp³-hybridized carbons (Fsp3) is 0.536. The molecule has 2 aromatic carbocycles. The second-order valence-electron chi connectivity index (χ2n) is 10.0. The molecule has 10 heteroatoms. The van der Waals surface area contributed by atoms with E-state index in [-0.39, 0.29) is 6.03 Å². The Morgan fingerprint density at radius 1 is 1.05 bits per heavy atom. The third-order valence-corrected chi connectivity index (χ3v) is 8.11. The van der Waals surface area contributed by atoms with Gasteiger partial charge in [0, 0.05) is 26.2 Å². The number of hydrogen-bond acceptors (Lipinski definition) is 8. The number of nitrogens with zero attached hydrogens (tertiary/aromatic N) is 2. The molecule has 1 unspecified atom stereocenters. The van der Waals surface area contributed by atoms with Crippen LogP contribution in [0.5, 0.6) is 5.75 Å². The van der Waals surface area contributed by atoms with Crippen LogP contribution in [-0.2, 0) is 11.2 Å². The van der Waals surface area contributed by atoms with Gasteiger partial charge < -0.3 is 39.9 Å². The molecule has 0 aromatic heterocycles. The van der Waals surface area contributed by atoms with Crippen LogP contribution in [0.3, 0.4) is 0 Å². The molecule has 2 aliphatic rings. The third kappa shape index (κ3) is 6.99. The fourth-order valence-electron chi connectivity index (χ4n) is 4.75. The van der Waals surface area contributed by atoms with E-state index in [0.717, 1.165) is 54.2 Å². The van der Waals surface area contributed by atoms with Gasteiger partial charge in [-0.15, -0.1) is 11.8 Å². The van der Waals surface area contributed by atoms with Crippen molar-refractivity contribution in [2.45, 2.75) is 43.2 Å². The Kier molecular flexibility index (Phi) is 9.91. The second kappa shape index (κ2) is 13.1. The maximum absolute atomic E-state index is 12.3. The van der Waals surface area contributed by atoms with Crippen molar-refractivity contribution < 1.29 is 29.6 Å². The first-order valence-electron chi connectivity index (χ1n) is 13.0. The highest BCUT2D eigenvalue weighted by molar-refractivity contribution is 7.99. The van der Waals surface area contributed by atoms with Crippen molar-refractivity contribution in [3.8, 4) is 5.75 Å². The molecule has 0 saturated carbocycles. The topological polar surface area (TPSA) is 115 Å². The van der Waals surface area contributed by atoms with E-state index in [1.807, 2.05) is 54.3 Å². The number of thioether (sulfide) groups is 1. The fourth-order valence-corrected chi connectivity index (χ4v) is 5.42. The lowest BCUT2D eigenvalue weighted by Crippen LogP contribution is -2.52. The van der Waals surface area contributed by atoms with Crippen molar-refractivity contribution in [2.75, 3.05) is 52.6 Å². The van der Waals surface area contributed by atoms with Crippen molar-refractivity contribution >= 4 is 17.8 Å². The molecule has 0 aliphatic carbocycles. The van der Waals surface area contributed by atoms with Gasteiger partial charge >= 0.3 is 6.03 Å². The number of amides is 2. The molecule has 2 aliphatic heterocycles. The van der Waals surface area contributed by atoms with Gasteiger partial charge in [-0.1, -0.05) is 30.3 Å². The molecule has 2 fully saturated rings. The lowest BCUT2D eigenvalue weighted by Gasteiger charge is -2.40. The summed E-state index contributed by atoms with van der Waals surface area (Å²) in [6.07, 6.45) is -1.88. The summed E-state index contributed by atoms with van der Waals surface area (Å²) in [4.78, 5) is 16.3. The van der Waals surface area contributed by atoms with E-state index in [9.17, 15) is 20.1 Å². The molecule has 4 rings (SSSR count). The molecule has 9 nitrogen and oxygen atoms in total. The second-order valence-corrected chi connectivity index (χ2v) is 10.9. The first-order chi connectivity index (χ1) is 18.3. The van der Waals surface area contributed by atoms with Gasteiger partial charge in [0.25, 0.3) is 0 Å². The average Bonchev–Trinajstić information content (AvgIpc) is 2.92. The minimum absolute atomic E-state index is 0.0459. The van der Waals surface area contributed by atoms with Crippen molar-refractivity contribution in [2.24, 2.45) is 0 Å². The number of benzene rings is 2. The van der Waals surface area contributed by atoms with Crippen LogP contribution in [0.25, 0.3) is 0 Å². The van der Waals surface area contributed by atoms with Crippen LogP contribution in [0, 0.1) is 6.92 Å². The lowest BCUT2D eigenvalue weighted by atomic mass is 9.91. The van der Waals surface area contributed by atoms with E-state index >= 15 is 0 Å². The number of ether oxygens (including phenoxy) is 2. The number of hydrogen-bond donors (Lipinski definition) is 4. The van der Waals surface area contributed by atoms with Gasteiger partial charge in [0.15, 0.2) is 0 Å². The van der Waals surface area contributed by atoms with Crippen LogP contribution < -0.4 is 10.1 Å². The summed E-state index contributed by atoms with van der Waals surface area (Å²) < 4.78 is 11.7. The van der Waals surface area contributed by atoms with Crippen LogP contribution >= 0.6 is 11.8 Å². The Morgan fingerprint density at radius 2 is 1.76 bits per heavy atom. The molecule has 38 heavy (non-hydrogen) atoms. The van der Waals surface area contributed by atoms with Crippen molar-refractivity contribution in [1.29, 1.82) is 0 Å². The smallest absolute Gasteiger partial charge is 0.317 e. The molecule has 4 N–H and O–H groups in total. The monoisotopic (exact) mass is 545 g/mol. The van der Waals surface area contributed by atoms with Gasteiger partial charge in [-0.2, -0.15) is 0 Å². The number of aliphatic hydroxyl groups is 3. The van der Waals surface area contributed by atoms with Gasteiger partial charge in [-0.05, 0) is 61.0 Å². The normalized spacial score (nSPS) is 26.3. The number of carbonyl (C=O) groups excluding carboxylic acids is 1. The molecule has 2 amide bonds. The minimum atomic E-state index is -1.27. The molecule has 0 spiro atoms. The van der Waals surface area contributed by atoms with E-state index < -0.39 is 29.9 Å². The maximum atomic E-state index is 12.3. The Morgan fingerprint density at radius 3 is 2.45 bits per heavy atom. The molecule has 2 saturated heterocycles. The van der Waals surface area contributed by atoms with Gasteiger partial charge in [-0.3, -0.25) is 0 Å². The molecular weight excluding hydrogens is 506 g/mol. The van der Waals surface area contributed by atoms with E-state index in [1.54, 1.807) is 6.26 Å². The summed E-state index contributed by atoms with van der Waals surface area (Å²) in [6.45, 7) is 6.13. The highest BCUT2D eigenvalue weighted by Gasteiger charge is 2.44. The summed E-state index contributed by atoms with van der Waals surface area (Å²) in [5.41, 5.74) is 3.44. The van der Waals surface area contributed by atoms with Crippen LogP contribution in [0.15, 0.2) is 42.5 Å². The van der Waals surface area contributed by atoms with Crippen LogP contribution in [0.4, 0.5) is 4.79 Å². The first-order valence-corrected chi connectivity index (χ1v) is 14.3. The van der Waals surface area contributed by atoms with E-state index in [0.29, 0.717) is 19.6 Å². The number of carbonyl (C=O) groups is 1. The predicted molar refractivity (Wildman–Crippen MR) is 148 cm³/mol. The summed E-state index contributed by atoms with van der Waals surface area (Å²) >= 11 is 1.30. The van der Waals surface area contributed by atoms with Crippen LogP contribution in [0.1, 0.15) is 28.4 Å². The Labute approximate surface area is 228 Å². The number of urea groups is 1. The Hall–Kier alpha value is -2.34. The quantitative estimate of drug-likeness (QED) is 0.371. The number of likely N-dealkylation sites (N-methyl/N-ethyl adjacent to an activating group) is 1. The standard InChI is InChI=1S/C28H39N3O6S/c1-18-4-7-20(26-24(33)23(32)25(34)27(37-26)38-3)17-21(18)16-19-5-8-22(9-6-19)36-15-10-29-28(35)31-13-11-30(2)12-14-31/h4-9,17,23-27,32-34H,10-16H2,1-3H3,(H,29,35)/t23-,24-,25+,26?,27-/m1/s1. The number of nitrogens with one attached hydrogen (secondary N) is 1. The van der Waals surface area contributed by atoms with E-state index in [2.05, 4.69) is 17.3 Å². The van der Waals surface area contributed by atoms with Crippen molar-refractivity contribution in [1.82, 2.24) is 15.1 Å². The number of piperazine rings is 1. The zero-order valence-corrected chi connectivity index (χ0v) is 23.1. The number of rotatable bonds is 8. The van der Waals surface area contributed by atoms with Gasteiger partial charge in [-0.25, -0.2) is 4.79 Å². The van der Waals surface area contributed by atoms with Crippen LogP contribution in [0.2, 0.25) is 0 Å². The van der Waals surface area contributed by atoms with Gasteiger partial charge in [0.1, 0.15) is 42.2 Å². The maximum Gasteiger partial charge on any atom is 0.317 e. The summed E-state index contributed by atoms with van der Waals surface area (Å²) in [7, 11) is 2.06. The van der Waals surface area contributed by atoms with Gasteiger partial charge in [0.05, 0.1) is 6.54 Å². The Bertz CT molecular complexity index is 1060. The largest absolute Gasteiger partial charge is 0.492 e. The zero-order chi connectivity index (χ0) is 27.2. The third-order valence-electron chi connectivity index (χ3n) is 7.26. The van der Waals surface area contributed by atoms with E-state index in [4.69, 9.17) is 9.47 Å². The zero-order valence-electron chi connectivity index (χ0n) is 22.2. The molecular formula is C28H39N3O6S. The highest BCUT2D eigenvalue weighted by Crippen LogP contribution is 2.36. The number of aryl methyl sites for hydroxylation is 1. The summed E-state index contributed by atoms with van der Waals surface area (Å²) in [6, 6.07) is 13.7. The predicted octanol–water partition coefficient (Wildman–Crippen LogP) is 1.76. The molecule has 208 valence electrons. The van der Waals surface area contributed by atoms with E-state index in [1.165, 1.54) is 11.8 Å². The first kappa shape index (κ1) is 28.7. The van der Waals surface area contributed by atoms with Gasteiger partial charge in [0.2, 0.25) is 0 Å². The average molecular weight is 546 g/mol. The molecule has 0 bridgehead atoms. The summed E-state index contributed by atoms with van der Waals surface area (Å²) in [5, 5.41) is 33.9. The molecule has 2 aromatic rings. The SMILES string of the molecule is CS[C@H]1OC(c2ccc(C)c(Cc3ccc(OCCNC(=O)N4CCN(C)CC4)cc3)c2)[C@H](O)[C@@H](O)[C@@H]1O. The molecule has 5 atom stereocenters. The molecule has 2 heterocycles. The lowest BCUT2D eigenvalue weighted by molar-refractivity contribution is -0.200. The molecule has 0 radical (unpaired) electrons. The Balaban J connectivity index is 1.30. The highest BCUT2D eigenvalue weighted by atomic mass is 32.2. The van der Waals surface area contributed by atoms with Crippen LogP contribution in [-0.4, -0.2) is 108 Å². The van der Waals surface area contributed by atoms with Crippen molar-refractivity contribution in [3.63, 3.8) is 0 Å².